The van der Waals surface area contributed by atoms with Gasteiger partial charge in [-0.2, -0.15) is 0 Å². The Labute approximate surface area is 174 Å². The van der Waals surface area contributed by atoms with Crippen LogP contribution in [0.15, 0.2) is 46.0 Å². The third-order valence-corrected chi connectivity index (χ3v) is 5.75. The number of nitrogens with one attached hydrogen (secondary N) is 2. The molecule has 1 heterocycles. The monoisotopic (exact) mass is 431 g/mol. The molecule has 1 aliphatic rings. The van der Waals surface area contributed by atoms with Crippen molar-refractivity contribution in [3.8, 4) is 0 Å². The fourth-order valence-corrected chi connectivity index (χ4v) is 4.22. The molecule has 1 saturated carbocycles. The first-order valence-electron chi connectivity index (χ1n) is 10.0. The zero-order valence-electron chi connectivity index (χ0n) is 16.5. The van der Waals surface area contributed by atoms with Crippen LogP contribution in [0.25, 0.3) is 10.9 Å². The normalized spacial score (nSPS) is 15.3. The van der Waals surface area contributed by atoms with Crippen molar-refractivity contribution < 1.29 is 18.0 Å². The summed E-state index contributed by atoms with van der Waals surface area (Å²) in [5.41, 5.74) is -1.30. The van der Waals surface area contributed by atoms with Crippen LogP contribution in [0, 0.1) is 23.4 Å². The average molecular weight is 431 g/mol. The van der Waals surface area contributed by atoms with Crippen LogP contribution >= 0.6 is 0 Å². The fourth-order valence-electron chi connectivity index (χ4n) is 4.22. The van der Waals surface area contributed by atoms with Crippen molar-refractivity contribution in [2.75, 3.05) is 0 Å². The molecule has 1 unspecified atom stereocenters. The summed E-state index contributed by atoms with van der Waals surface area (Å²) in [5, 5.41) is 2.52. The van der Waals surface area contributed by atoms with Crippen LogP contribution in [0.3, 0.4) is 0 Å². The van der Waals surface area contributed by atoms with Gasteiger partial charge in [-0.1, -0.05) is 18.9 Å². The van der Waals surface area contributed by atoms with Gasteiger partial charge in [0.25, 0.3) is 5.56 Å². The van der Waals surface area contributed by atoms with Crippen LogP contribution in [-0.2, 0) is 11.3 Å². The van der Waals surface area contributed by atoms with E-state index in [4.69, 9.17) is 0 Å². The summed E-state index contributed by atoms with van der Waals surface area (Å²) in [4.78, 5) is 41.4. The molecule has 2 aromatic carbocycles. The maximum Gasteiger partial charge on any atom is 0.329 e. The van der Waals surface area contributed by atoms with E-state index in [1.54, 1.807) is 0 Å². The number of H-pyrrole nitrogens is 1. The second kappa shape index (κ2) is 8.41. The summed E-state index contributed by atoms with van der Waals surface area (Å²) in [6.45, 7) is -0.233. The van der Waals surface area contributed by atoms with Gasteiger partial charge >= 0.3 is 5.69 Å². The van der Waals surface area contributed by atoms with E-state index in [-0.39, 0.29) is 28.9 Å². The lowest BCUT2D eigenvalue weighted by Crippen LogP contribution is -2.47. The number of nitrogens with zero attached hydrogens (tertiary/aromatic N) is 1. The number of aromatic amines is 1. The molecule has 0 saturated heterocycles. The van der Waals surface area contributed by atoms with Crippen LogP contribution in [-0.4, -0.2) is 15.5 Å². The fraction of sp³-hybridized carbons (Fsp3) is 0.318. The third kappa shape index (κ3) is 4.12. The smallest absolute Gasteiger partial charge is 0.329 e. The minimum Gasteiger partial charge on any atom is -0.350 e. The van der Waals surface area contributed by atoms with Crippen LogP contribution in [0.5, 0.6) is 0 Å². The van der Waals surface area contributed by atoms with E-state index in [2.05, 4.69) is 10.3 Å². The number of hydrogen-bond donors (Lipinski definition) is 2. The molecule has 1 atom stereocenters. The molecule has 31 heavy (non-hydrogen) atoms. The summed E-state index contributed by atoms with van der Waals surface area (Å²) in [6.07, 6.45) is 2.96. The van der Waals surface area contributed by atoms with E-state index >= 15 is 0 Å². The SMILES string of the molecule is O=C(NCc1ccc(F)cc1F)C(C1CCCC1)n1c(=O)[nH]c2ccc(F)cc2c1=O. The Morgan fingerprint density at radius 3 is 2.45 bits per heavy atom. The number of fused-ring (bicyclic) bond motifs is 1. The first-order chi connectivity index (χ1) is 14.8. The molecule has 1 aromatic heterocycles. The van der Waals surface area contributed by atoms with Crippen LogP contribution in [0.4, 0.5) is 13.2 Å². The van der Waals surface area contributed by atoms with E-state index in [0.717, 1.165) is 35.6 Å². The molecule has 0 spiro atoms. The van der Waals surface area contributed by atoms with Crippen molar-refractivity contribution in [3.05, 3.63) is 80.3 Å². The Morgan fingerprint density at radius 1 is 1.06 bits per heavy atom. The number of carbonyl (C=O) groups excluding carboxylic acids is 1. The highest BCUT2D eigenvalue weighted by molar-refractivity contribution is 5.82. The van der Waals surface area contributed by atoms with E-state index in [1.807, 2.05) is 0 Å². The van der Waals surface area contributed by atoms with E-state index in [0.29, 0.717) is 18.9 Å². The molecular formula is C22H20F3N3O3. The second-order valence-corrected chi connectivity index (χ2v) is 7.74. The average Bonchev–Trinajstić information content (AvgIpc) is 3.25. The van der Waals surface area contributed by atoms with Crippen molar-refractivity contribution in [1.82, 2.24) is 14.9 Å². The zero-order chi connectivity index (χ0) is 22.1. The summed E-state index contributed by atoms with van der Waals surface area (Å²) in [7, 11) is 0. The van der Waals surface area contributed by atoms with Gasteiger partial charge in [0.2, 0.25) is 5.91 Å². The quantitative estimate of drug-likeness (QED) is 0.651. The molecule has 162 valence electrons. The van der Waals surface area contributed by atoms with Gasteiger partial charge < -0.3 is 10.3 Å². The highest BCUT2D eigenvalue weighted by Crippen LogP contribution is 2.33. The number of halogens is 3. The Hall–Kier alpha value is -3.36. The van der Waals surface area contributed by atoms with Crippen molar-refractivity contribution in [1.29, 1.82) is 0 Å². The molecule has 6 nitrogen and oxygen atoms in total. The maximum absolute atomic E-state index is 13.9. The van der Waals surface area contributed by atoms with Gasteiger partial charge in [0.15, 0.2) is 0 Å². The van der Waals surface area contributed by atoms with Gasteiger partial charge in [-0.05, 0) is 43.0 Å². The Kier molecular flexibility index (Phi) is 5.67. The number of benzene rings is 2. The lowest BCUT2D eigenvalue weighted by atomic mass is 9.96. The number of hydrogen-bond acceptors (Lipinski definition) is 3. The molecule has 2 N–H and O–H groups in total. The predicted octanol–water partition coefficient (Wildman–Crippen LogP) is 3.15. The minimum absolute atomic E-state index is 0.0417. The van der Waals surface area contributed by atoms with Crippen LogP contribution in [0.1, 0.15) is 37.3 Å². The summed E-state index contributed by atoms with van der Waals surface area (Å²) in [6, 6.07) is 5.31. The summed E-state index contributed by atoms with van der Waals surface area (Å²) in [5.74, 6) is -3.09. The minimum atomic E-state index is -1.13. The van der Waals surface area contributed by atoms with Gasteiger partial charge in [0.05, 0.1) is 10.9 Å². The van der Waals surface area contributed by atoms with Crippen molar-refractivity contribution in [2.24, 2.45) is 5.92 Å². The molecule has 1 amide bonds. The summed E-state index contributed by atoms with van der Waals surface area (Å²) >= 11 is 0. The van der Waals surface area contributed by atoms with Gasteiger partial charge in [-0.25, -0.2) is 22.5 Å². The van der Waals surface area contributed by atoms with E-state index in [9.17, 15) is 27.6 Å². The Morgan fingerprint density at radius 2 is 1.74 bits per heavy atom. The Balaban J connectivity index is 1.72. The van der Waals surface area contributed by atoms with Crippen LogP contribution < -0.4 is 16.6 Å². The highest BCUT2D eigenvalue weighted by Gasteiger charge is 2.34. The number of amides is 1. The lowest BCUT2D eigenvalue weighted by molar-refractivity contribution is -0.126. The first kappa shape index (κ1) is 20.9. The van der Waals surface area contributed by atoms with Gasteiger partial charge in [0.1, 0.15) is 23.5 Å². The highest BCUT2D eigenvalue weighted by atomic mass is 19.1. The molecule has 1 aliphatic carbocycles. The lowest BCUT2D eigenvalue weighted by Gasteiger charge is -2.24. The third-order valence-electron chi connectivity index (χ3n) is 5.75. The zero-order valence-corrected chi connectivity index (χ0v) is 16.5. The predicted molar refractivity (Wildman–Crippen MR) is 108 cm³/mol. The van der Waals surface area contributed by atoms with Crippen molar-refractivity contribution in [2.45, 2.75) is 38.3 Å². The number of rotatable bonds is 5. The van der Waals surface area contributed by atoms with Gasteiger partial charge in [0, 0.05) is 18.2 Å². The number of aromatic nitrogens is 2. The van der Waals surface area contributed by atoms with Crippen LogP contribution in [0.2, 0.25) is 0 Å². The second-order valence-electron chi connectivity index (χ2n) is 7.74. The van der Waals surface area contributed by atoms with Crippen molar-refractivity contribution >= 4 is 16.8 Å². The van der Waals surface area contributed by atoms with Crippen molar-refractivity contribution in [3.63, 3.8) is 0 Å². The molecule has 1 fully saturated rings. The molecule has 9 heteroatoms. The first-order valence-corrected chi connectivity index (χ1v) is 10.0. The molecule has 0 aliphatic heterocycles. The van der Waals surface area contributed by atoms with E-state index in [1.165, 1.54) is 12.1 Å². The van der Waals surface area contributed by atoms with Gasteiger partial charge in [-0.3, -0.25) is 9.59 Å². The Bertz CT molecular complexity index is 1260. The molecule has 0 bridgehead atoms. The molecule has 4 rings (SSSR count). The molecule has 0 radical (unpaired) electrons. The number of carbonyl (C=O) groups is 1. The molecular weight excluding hydrogens is 411 g/mol. The summed E-state index contributed by atoms with van der Waals surface area (Å²) < 4.78 is 41.6. The van der Waals surface area contributed by atoms with Gasteiger partial charge in [-0.15, -0.1) is 0 Å². The largest absolute Gasteiger partial charge is 0.350 e. The molecule has 3 aromatic rings. The van der Waals surface area contributed by atoms with E-state index < -0.39 is 40.6 Å². The standard InChI is InChI=1S/C22H20F3N3O3/c23-14-7-8-18-16(9-14)21(30)28(22(31)27-18)19(12-3-1-2-4-12)20(29)26-11-13-5-6-15(24)10-17(13)25/h5-10,12,19H,1-4,11H2,(H,26,29)(H,27,31). The maximum atomic E-state index is 13.9. The topological polar surface area (TPSA) is 84.0 Å².